The fourth-order valence-electron chi connectivity index (χ4n) is 0. The molecule has 2 radical (unpaired) electrons. The van der Waals surface area contributed by atoms with Crippen molar-refractivity contribution in [2.24, 2.45) is 11.5 Å². The van der Waals surface area contributed by atoms with Crippen molar-refractivity contribution in [2.75, 3.05) is 0 Å². The predicted molar refractivity (Wildman–Crippen MR) is 40.9 cm³/mol. The average Bonchev–Trinajstić information content (AvgIpc) is 1.25. The smallest absolute Gasteiger partial charge is 0.300 e. The number of nitrogens with two attached hydrogens (primary N) is 2. The summed E-state index contributed by atoms with van der Waals surface area (Å²) in [6, 6.07) is 0. The molecule has 0 aliphatic carbocycles. The fourth-order valence-corrected chi connectivity index (χ4v) is 0. The SMILES string of the molecule is CC(=O)O.N=C(N)N.[Na].[Na]. The Kier molecular flexibility index (Phi) is 36.7. The number of guanidine groups is 1. The number of carbonyl (C=O) groups is 1. The van der Waals surface area contributed by atoms with Gasteiger partial charge in [0.15, 0.2) is 5.96 Å². The fraction of sp³-hybridized carbons (Fsp3) is 0.333. The topological polar surface area (TPSA) is 113 Å². The third-order valence-electron chi connectivity index (χ3n) is 0. The van der Waals surface area contributed by atoms with Crippen LogP contribution in [0.2, 0.25) is 0 Å². The van der Waals surface area contributed by atoms with Crippen LogP contribution in [-0.4, -0.2) is 76.1 Å². The molecule has 0 amide bonds. The Bertz CT molecular complexity index is 77.7. The van der Waals surface area contributed by atoms with Crippen molar-refractivity contribution in [1.29, 1.82) is 5.41 Å². The van der Waals surface area contributed by atoms with E-state index in [0.717, 1.165) is 6.92 Å². The van der Waals surface area contributed by atoms with Crippen LogP contribution in [0.4, 0.5) is 0 Å². The first-order valence-electron chi connectivity index (χ1n) is 1.76. The molecule has 0 aromatic rings. The summed E-state index contributed by atoms with van der Waals surface area (Å²) in [6.45, 7) is 1.08. The molecule has 50 valence electrons. The molecule has 0 bridgehead atoms. The molecule has 0 aromatic carbocycles. The molecular formula is C3H9N3Na2O2. The summed E-state index contributed by atoms with van der Waals surface area (Å²) in [4.78, 5) is 9.00. The number of carboxylic acid groups (broad SMARTS) is 1. The van der Waals surface area contributed by atoms with E-state index in [0.29, 0.717) is 0 Å². The van der Waals surface area contributed by atoms with E-state index in [9.17, 15) is 0 Å². The summed E-state index contributed by atoms with van der Waals surface area (Å²) in [5.74, 6) is -1.17. The standard InChI is InChI=1S/C2H4O2.CH5N3.2Na/c1-2(3)4;2-1(3)4;;/h1H3,(H,3,4);(H5,2,3,4);;. The van der Waals surface area contributed by atoms with Crippen LogP contribution >= 0.6 is 0 Å². The number of nitrogens with one attached hydrogen (secondary N) is 1. The first kappa shape index (κ1) is 22.4. The molecule has 5 nitrogen and oxygen atoms in total. The summed E-state index contributed by atoms with van der Waals surface area (Å²) < 4.78 is 0. The van der Waals surface area contributed by atoms with Crippen LogP contribution in [-0.2, 0) is 4.79 Å². The van der Waals surface area contributed by atoms with E-state index in [1.54, 1.807) is 0 Å². The van der Waals surface area contributed by atoms with Crippen LogP contribution in [0.5, 0.6) is 0 Å². The van der Waals surface area contributed by atoms with E-state index in [1.807, 2.05) is 0 Å². The second-order valence-electron chi connectivity index (χ2n) is 0.974. The van der Waals surface area contributed by atoms with Gasteiger partial charge in [-0.2, -0.15) is 0 Å². The van der Waals surface area contributed by atoms with E-state index >= 15 is 0 Å². The molecule has 0 fully saturated rings. The monoisotopic (exact) mass is 165 g/mol. The largest absolute Gasteiger partial charge is 0.481 e. The van der Waals surface area contributed by atoms with Gasteiger partial charge in [-0.1, -0.05) is 0 Å². The van der Waals surface area contributed by atoms with E-state index in [2.05, 4.69) is 11.5 Å². The van der Waals surface area contributed by atoms with Crippen LogP contribution < -0.4 is 11.5 Å². The molecule has 0 rings (SSSR count). The molecular weight excluding hydrogens is 156 g/mol. The van der Waals surface area contributed by atoms with Crippen LogP contribution in [0.15, 0.2) is 0 Å². The number of rotatable bonds is 0. The zero-order chi connectivity index (χ0) is 7.15. The Balaban J connectivity index is -0.0000000300. The summed E-state index contributed by atoms with van der Waals surface area (Å²) in [5.41, 5.74) is 8.94. The molecule has 0 saturated heterocycles. The number of hydrogen-bond acceptors (Lipinski definition) is 2. The first-order valence-corrected chi connectivity index (χ1v) is 1.76. The normalized spacial score (nSPS) is 4.90. The van der Waals surface area contributed by atoms with Gasteiger partial charge in [0, 0.05) is 66.0 Å². The van der Waals surface area contributed by atoms with Crippen molar-refractivity contribution in [3.8, 4) is 0 Å². The Labute approximate surface area is 104 Å². The molecule has 0 unspecified atom stereocenters. The summed E-state index contributed by atoms with van der Waals surface area (Å²) in [7, 11) is 0. The summed E-state index contributed by atoms with van der Waals surface area (Å²) in [5, 5.41) is 13.5. The van der Waals surface area contributed by atoms with Gasteiger partial charge >= 0.3 is 0 Å². The molecule has 10 heavy (non-hydrogen) atoms. The van der Waals surface area contributed by atoms with Gasteiger partial charge in [-0.25, -0.2) is 0 Å². The Morgan fingerprint density at radius 2 is 1.40 bits per heavy atom. The maximum absolute atomic E-state index is 9.00. The Hall–Kier alpha value is 0.740. The van der Waals surface area contributed by atoms with Gasteiger partial charge < -0.3 is 16.6 Å². The molecule has 0 spiro atoms. The quantitative estimate of drug-likeness (QED) is 0.192. The minimum atomic E-state index is -0.833. The van der Waals surface area contributed by atoms with Crippen molar-refractivity contribution >= 4 is 71.0 Å². The van der Waals surface area contributed by atoms with Gasteiger partial charge in [-0.3, -0.25) is 10.2 Å². The van der Waals surface area contributed by atoms with Gasteiger partial charge in [0.2, 0.25) is 0 Å². The van der Waals surface area contributed by atoms with Crippen LogP contribution in [0.3, 0.4) is 0 Å². The second kappa shape index (κ2) is 16.4. The van der Waals surface area contributed by atoms with Crippen LogP contribution in [0.1, 0.15) is 6.92 Å². The van der Waals surface area contributed by atoms with E-state index in [1.165, 1.54) is 0 Å². The number of aliphatic carboxylic acids is 1. The molecule has 6 N–H and O–H groups in total. The zero-order valence-corrected chi connectivity index (χ0v) is 10.5. The second-order valence-corrected chi connectivity index (χ2v) is 0.974. The predicted octanol–water partition coefficient (Wildman–Crippen LogP) is -1.83. The van der Waals surface area contributed by atoms with Crippen LogP contribution in [0.25, 0.3) is 0 Å². The minimum absolute atomic E-state index is 0. The summed E-state index contributed by atoms with van der Waals surface area (Å²) >= 11 is 0. The molecule has 0 atom stereocenters. The molecule has 0 aromatic heterocycles. The van der Waals surface area contributed by atoms with Gasteiger partial charge in [0.25, 0.3) is 5.97 Å². The number of carboxylic acids is 1. The van der Waals surface area contributed by atoms with E-state index in [4.69, 9.17) is 15.3 Å². The Morgan fingerprint density at radius 1 is 1.40 bits per heavy atom. The van der Waals surface area contributed by atoms with Crippen molar-refractivity contribution in [1.82, 2.24) is 0 Å². The van der Waals surface area contributed by atoms with Crippen molar-refractivity contribution in [2.45, 2.75) is 6.92 Å². The van der Waals surface area contributed by atoms with E-state index < -0.39 is 5.97 Å². The average molecular weight is 165 g/mol. The first-order chi connectivity index (χ1) is 3.46. The van der Waals surface area contributed by atoms with Gasteiger partial charge in [0.1, 0.15) is 0 Å². The third kappa shape index (κ3) is 956. The maximum atomic E-state index is 9.00. The maximum Gasteiger partial charge on any atom is 0.300 e. The van der Waals surface area contributed by atoms with Crippen molar-refractivity contribution in [3.63, 3.8) is 0 Å². The molecule has 0 aliphatic rings. The number of hydrogen-bond donors (Lipinski definition) is 4. The van der Waals surface area contributed by atoms with Crippen molar-refractivity contribution in [3.05, 3.63) is 0 Å². The van der Waals surface area contributed by atoms with Crippen molar-refractivity contribution < 1.29 is 9.90 Å². The van der Waals surface area contributed by atoms with Crippen LogP contribution in [0, 0.1) is 5.41 Å². The van der Waals surface area contributed by atoms with Gasteiger partial charge in [0.05, 0.1) is 0 Å². The van der Waals surface area contributed by atoms with Gasteiger partial charge in [-0.15, -0.1) is 0 Å². The molecule has 0 heterocycles. The van der Waals surface area contributed by atoms with E-state index in [-0.39, 0.29) is 65.1 Å². The Morgan fingerprint density at radius 3 is 1.40 bits per heavy atom. The third-order valence-corrected chi connectivity index (χ3v) is 0. The summed E-state index contributed by atoms with van der Waals surface area (Å²) in [6.07, 6.45) is 0. The molecule has 0 aliphatic heterocycles. The zero-order valence-electron chi connectivity index (χ0n) is 6.51. The minimum Gasteiger partial charge on any atom is -0.481 e. The molecule has 7 heteroatoms. The molecule has 0 saturated carbocycles. The van der Waals surface area contributed by atoms with Gasteiger partial charge in [-0.05, 0) is 0 Å².